The summed E-state index contributed by atoms with van der Waals surface area (Å²) in [5.41, 5.74) is -0.126. The lowest BCUT2D eigenvalue weighted by Crippen LogP contribution is -2.39. The van der Waals surface area contributed by atoms with Crippen molar-refractivity contribution in [2.75, 3.05) is 5.32 Å². The first-order valence-corrected chi connectivity index (χ1v) is 5.33. The quantitative estimate of drug-likeness (QED) is 0.838. The summed E-state index contributed by atoms with van der Waals surface area (Å²) in [5.74, 6) is 0.112. The summed E-state index contributed by atoms with van der Waals surface area (Å²) < 4.78 is 28.1. The van der Waals surface area contributed by atoms with Gasteiger partial charge in [0.2, 0.25) is 0 Å². The summed E-state index contributed by atoms with van der Waals surface area (Å²) >= 11 is 0. The first-order valence-electron chi connectivity index (χ1n) is 5.33. The smallest absolute Gasteiger partial charge is 0.387 e. The molecule has 1 rings (SSSR count). The maximum Gasteiger partial charge on any atom is 0.387 e. The Kier molecular flexibility index (Phi) is 4.28. The lowest BCUT2D eigenvalue weighted by Gasteiger charge is -2.27. The van der Waals surface area contributed by atoms with E-state index in [4.69, 9.17) is 0 Å². The van der Waals surface area contributed by atoms with E-state index in [0.29, 0.717) is 0 Å². The molecule has 0 saturated carbocycles. The minimum atomic E-state index is -2.82. The Labute approximate surface area is 99.4 Å². The minimum Gasteiger partial charge on any atom is -0.435 e. The Morgan fingerprint density at radius 1 is 1.24 bits per heavy atom. The van der Waals surface area contributed by atoms with Crippen molar-refractivity contribution in [3.05, 3.63) is 24.3 Å². The molecule has 0 bridgehead atoms. The number of rotatable bonds is 5. The number of hydrogen-bond donors (Lipinski definition) is 2. The van der Waals surface area contributed by atoms with Gasteiger partial charge in [-0.1, -0.05) is 0 Å². The largest absolute Gasteiger partial charge is 0.435 e. The molecule has 1 aromatic carbocycles. The second kappa shape index (κ2) is 5.31. The molecule has 96 valence electrons. The molecule has 0 aliphatic carbocycles. The highest BCUT2D eigenvalue weighted by Gasteiger charge is 2.21. The molecule has 0 aromatic heterocycles. The molecule has 0 amide bonds. The van der Waals surface area contributed by atoms with Crippen molar-refractivity contribution in [1.82, 2.24) is 0 Å². The fourth-order valence-electron chi connectivity index (χ4n) is 1.16. The van der Waals surface area contributed by atoms with Crippen molar-refractivity contribution in [1.29, 1.82) is 0 Å². The van der Waals surface area contributed by atoms with Crippen LogP contribution in [0, 0.1) is 0 Å². The van der Waals surface area contributed by atoms with Crippen molar-refractivity contribution in [2.45, 2.75) is 39.0 Å². The van der Waals surface area contributed by atoms with Crippen molar-refractivity contribution in [3.63, 3.8) is 0 Å². The number of ether oxygens (including phenoxy) is 1. The van der Waals surface area contributed by atoms with E-state index in [2.05, 4.69) is 10.1 Å². The van der Waals surface area contributed by atoms with Crippen LogP contribution in [0.25, 0.3) is 0 Å². The highest BCUT2D eigenvalue weighted by Crippen LogP contribution is 2.20. The molecule has 0 spiro atoms. The first kappa shape index (κ1) is 13.7. The highest BCUT2D eigenvalue weighted by molar-refractivity contribution is 5.47. The van der Waals surface area contributed by atoms with Crippen LogP contribution in [0.1, 0.15) is 20.8 Å². The van der Waals surface area contributed by atoms with Crippen LogP contribution in [0.4, 0.5) is 14.5 Å². The van der Waals surface area contributed by atoms with E-state index >= 15 is 0 Å². The van der Waals surface area contributed by atoms with Gasteiger partial charge in [0.05, 0.1) is 11.6 Å². The Hall–Kier alpha value is -1.36. The fraction of sp³-hybridized carbons (Fsp3) is 0.500. The number of benzene rings is 1. The average molecular weight is 245 g/mol. The normalized spacial score (nSPS) is 13.6. The lowest BCUT2D eigenvalue weighted by atomic mass is 10.0. The van der Waals surface area contributed by atoms with Crippen molar-refractivity contribution in [3.8, 4) is 5.75 Å². The molecule has 0 aliphatic heterocycles. The van der Waals surface area contributed by atoms with Gasteiger partial charge in [-0.05, 0) is 45.0 Å². The predicted molar refractivity (Wildman–Crippen MR) is 62.5 cm³/mol. The zero-order chi connectivity index (χ0) is 13.1. The van der Waals surface area contributed by atoms with Crippen LogP contribution in [0.15, 0.2) is 24.3 Å². The molecule has 1 aromatic rings. The van der Waals surface area contributed by atoms with Crippen LogP contribution >= 0.6 is 0 Å². The molecule has 3 nitrogen and oxygen atoms in total. The van der Waals surface area contributed by atoms with Crippen molar-refractivity contribution < 1.29 is 18.6 Å². The molecular weight excluding hydrogens is 228 g/mol. The van der Waals surface area contributed by atoms with Gasteiger partial charge in [-0.15, -0.1) is 0 Å². The van der Waals surface area contributed by atoms with E-state index in [1.54, 1.807) is 26.0 Å². The van der Waals surface area contributed by atoms with Crippen LogP contribution in [-0.2, 0) is 0 Å². The molecule has 1 atom stereocenters. The van der Waals surface area contributed by atoms with E-state index in [-0.39, 0.29) is 11.8 Å². The Morgan fingerprint density at radius 2 is 1.76 bits per heavy atom. The lowest BCUT2D eigenvalue weighted by molar-refractivity contribution is -0.0498. The fourth-order valence-corrected chi connectivity index (χ4v) is 1.16. The number of alkyl halides is 2. The Morgan fingerprint density at radius 3 is 2.18 bits per heavy atom. The second-order valence-electron chi connectivity index (χ2n) is 4.42. The summed E-state index contributed by atoms with van der Waals surface area (Å²) in [7, 11) is 0. The molecule has 0 saturated heterocycles. The van der Waals surface area contributed by atoms with E-state index in [0.717, 1.165) is 5.69 Å². The molecule has 17 heavy (non-hydrogen) atoms. The number of anilines is 1. The summed E-state index contributed by atoms with van der Waals surface area (Å²) in [6.07, 6.45) is 0. The Balaban J connectivity index is 2.62. The van der Waals surface area contributed by atoms with E-state index in [9.17, 15) is 13.9 Å². The zero-order valence-electron chi connectivity index (χ0n) is 10.1. The van der Waals surface area contributed by atoms with Gasteiger partial charge in [-0.2, -0.15) is 8.78 Å². The minimum absolute atomic E-state index is 0.112. The number of hydrogen-bond acceptors (Lipinski definition) is 3. The van der Waals surface area contributed by atoms with Crippen LogP contribution in [0.3, 0.4) is 0 Å². The van der Waals surface area contributed by atoms with Gasteiger partial charge in [0.25, 0.3) is 0 Å². The molecular formula is C12H17F2NO2. The topological polar surface area (TPSA) is 41.5 Å². The van der Waals surface area contributed by atoms with Gasteiger partial charge in [-0.3, -0.25) is 0 Å². The molecule has 0 fully saturated rings. The van der Waals surface area contributed by atoms with Gasteiger partial charge in [0, 0.05) is 5.69 Å². The average Bonchev–Trinajstić information content (AvgIpc) is 2.18. The van der Waals surface area contributed by atoms with Gasteiger partial charge in [-0.25, -0.2) is 0 Å². The third-order valence-corrected chi connectivity index (χ3v) is 2.52. The summed E-state index contributed by atoms with van der Waals surface area (Å²) in [5, 5.41) is 12.8. The van der Waals surface area contributed by atoms with Crippen LogP contribution < -0.4 is 10.1 Å². The van der Waals surface area contributed by atoms with Crippen LogP contribution in [0.2, 0.25) is 0 Å². The van der Waals surface area contributed by atoms with Crippen molar-refractivity contribution in [2.24, 2.45) is 0 Å². The molecule has 1 unspecified atom stereocenters. The Bertz CT molecular complexity index is 347. The zero-order valence-corrected chi connectivity index (χ0v) is 10.1. The number of nitrogens with one attached hydrogen (secondary N) is 1. The van der Waals surface area contributed by atoms with E-state index in [1.165, 1.54) is 12.1 Å². The summed E-state index contributed by atoms with van der Waals surface area (Å²) in [6, 6.07) is 5.99. The van der Waals surface area contributed by atoms with Crippen LogP contribution in [0.5, 0.6) is 5.75 Å². The first-order chi connectivity index (χ1) is 7.79. The van der Waals surface area contributed by atoms with Gasteiger partial charge < -0.3 is 15.2 Å². The second-order valence-corrected chi connectivity index (χ2v) is 4.42. The predicted octanol–water partition coefficient (Wildman–Crippen LogP) is 2.86. The summed E-state index contributed by atoms with van der Waals surface area (Å²) in [4.78, 5) is 0. The van der Waals surface area contributed by atoms with Gasteiger partial charge in [0.15, 0.2) is 0 Å². The summed E-state index contributed by atoms with van der Waals surface area (Å²) in [6.45, 7) is 2.41. The SMILES string of the molecule is CC(Nc1ccc(OC(F)F)cc1)C(C)(C)O. The maximum atomic E-state index is 11.9. The molecule has 0 heterocycles. The third kappa shape index (κ3) is 4.56. The number of halogens is 2. The van der Waals surface area contributed by atoms with Crippen molar-refractivity contribution >= 4 is 5.69 Å². The molecule has 5 heteroatoms. The van der Waals surface area contributed by atoms with E-state index in [1.807, 2.05) is 6.92 Å². The monoisotopic (exact) mass is 245 g/mol. The molecule has 2 N–H and O–H groups in total. The molecule has 0 aliphatic rings. The van der Waals surface area contributed by atoms with Gasteiger partial charge >= 0.3 is 6.61 Å². The van der Waals surface area contributed by atoms with E-state index < -0.39 is 12.2 Å². The highest BCUT2D eigenvalue weighted by atomic mass is 19.3. The van der Waals surface area contributed by atoms with Crippen LogP contribution in [-0.4, -0.2) is 23.4 Å². The van der Waals surface area contributed by atoms with Gasteiger partial charge in [0.1, 0.15) is 5.75 Å². The standard InChI is InChI=1S/C12H17F2NO2/c1-8(12(2,3)16)15-9-4-6-10(7-5-9)17-11(13)14/h4-8,11,15-16H,1-3H3. The maximum absolute atomic E-state index is 11.9. The number of aliphatic hydroxyl groups is 1. The molecule has 0 radical (unpaired) electrons. The third-order valence-electron chi connectivity index (χ3n) is 2.52.